The number of hydrogen-bond donors (Lipinski definition) is 1. The van der Waals surface area contributed by atoms with Crippen molar-refractivity contribution in [3.05, 3.63) is 88.9 Å². The Morgan fingerprint density at radius 1 is 1.03 bits per heavy atom. The number of oxazole rings is 1. The molecule has 0 saturated heterocycles. The fourth-order valence-corrected chi connectivity index (χ4v) is 3.15. The molecular weight excluding hydrogens is 410 g/mol. The third-order valence-electron chi connectivity index (χ3n) is 4.56. The van der Waals surface area contributed by atoms with E-state index in [1.165, 1.54) is 0 Å². The Balaban J connectivity index is 1.42. The van der Waals surface area contributed by atoms with E-state index in [1.54, 1.807) is 55.7 Å². The molecule has 0 aliphatic rings. The average Bonchev–Trinajstić information content (AvgIpc) is 3.11. The molecule has 0 aliphatic heterocycles. The van der Waals surface area contributed by atoms with Crippen LogP contribution < -0.4 is 15.8 Å². The minimum absolute atomic E-state index is 0.246. The predicted molar refractivity (Wildman–Crippen MR) is 121 cm³/mol. The van der Waals surface area contributed by atoms with Gasteiger partial charge in [0.2, 0.25) is 11.8 Å². The first-order chi connectivity index (χ1) is 15.5. The molecule has 0 radical (unpaired) electrons. The Labute approximate surface area is 182 Å². The molecule has 1 amide bonds. The van der Waals surface area contributed by atoms with Crippen molar-refractivity contribution >= 4 is 34.8 Å². The van der Waals surface area contributed by atoms with Gasteiger partial charge >= 0.3 is 5.76 Å². The van der Waals surface area contributed by atoms with Crippen LogP contribution in [0.3, 0.4) is 0 Å². The summed E-state index contributed by atoms with van der Waals surface area (Å²) in [6, 6.07) is 20.9. The second-order valence-corrected chi connectivity index (χ2v) is 6.88. The van der Waals surface area contributed by atoms with E-state index in [1.807, 2.05) is 30.3 Å². The van der Waals surface area contributed by atoms with Crippen molar-refractivity contribution in [1.29, 1.82) is 0 Å². The van der Waals surface area contributed by atoms with Crippen LogP contribution in [-0.4, -0.2) is 29.6 Å². The quantitative estimate of drug-likeness (QED) is 0.367. The molecular formula is C24H19N3O5. The number of fused-ring (bicyclic) bond motifs is 1. The van der Waals surface area contributed by atoms with Crippen molar-refractivity contribution < 1.29 is 18.7 Å². The molecule has 8 heteroatoms. The lowest BCUT2D eigenvalue weighted by molar-refractivity contribution is -0.115. The van der Waals surface area contributed by atoms with Crippen LogP contribution in [0, 0.1) is 0 Å². The van der Waals surface area contributed by atoms with E-state index in [9.17, 15) is 14.4 Å². The molecule has 0 spiro atoms. The minimum Gasteiger partial charge on any atom is -0.457 e. The van der Waals surface area contributed by atoms with Gasteiger partial charge in [-0.2, -0.15) is 0 Å². The number of rotatable bonds is 6. The lowest BCUT2D eigenvalue weighted by Gasteiger charge is -2.08. The summed E-state index contributed by atoms with van der Waals surface area (Å²) in [7, 11) is 1.62. The third-order valence-corrected chi connectivity index (χ3v) is 4.56. The number of anilines is 1. The number of aromatic nitrogens is 1. The van der Waals surface area contributed by atoms with Crippen LogP contribution in [0.1, 0.15) is 16.8 Å². The molecule has 3 aromatic carbocycles. The Kier molecular flexibility index (Phi) is 5.94. The summed E-state index contributed by atoms with van der Waals surface area (Å²) in [5.41, 5.74) is 1.76. The summed E-state index contributed by atoms with van der Waals surface area (Å²) in [6.07, 6.45) is 1.08. The number of hydrogen-bond acceptors (Lipinski definition) is 6. The van der Waals surface area contributed by atoms with Crippen molar-refractivity contribution in [1.82, 2.24) is 4.57 Å². The van der Waals surface area contributed by atoms with Crippen molar-refractivity contribution in [3.63, 3.8) is 0 Å². The fraction of sp³-hybridized carbons (Fsp3) is 0.0833. The number of nitrogens with zero attached hydrogens (tertiary/aromatic N) is 2. The highest BCUT2D eigenvalue weighted by atomic mass is 16.5. The van der Waals surface area contributed by atoms with Crippen molar-refractivity contribution in [2.24, 2.45) is 4.99 Å². The van der Waals surface area contributed by atoms with Crippen LogP contribution in [0.4, 0.5) is 5.69 Å². The van der Waals surface area contributed by atoms with Gasteiger partial charge in [-0.1, -0.05) is 24.3 Å². The molecule has 32 heavy (non-hydrogen) atoms. The van der Waals surface area contributed by atoms with Gasteiger partial charge in [-0.25, -0.2) is 9.36 Å². The Bertz CT molecular complexity index is 1350. The summed E-state index contributed by atoms with van der Waals surface area (Å²) < 4.78 is 11.7. The van der Waals surface area contributed by atoms with E-state index in [4.69, 9.17) is 9.15 Å². The first-order valence-electron chi connectivity index (χ1n) is 9.77. The van der Waals surface area contributed by atoms with Gasteiger partial charge < -0.3 is 14.5 Å². The maximum absolute atomic E-state index is 12.6. The fourth-order valence-electron chi connectivity index (χ4n) is 3.15. The van der Waals surface area contributed by atoms with E-state index < -0.39 is 24.0 Å². The maximum atomic E-state index is 12.6. The molecule has 1 aromatic heterocycles. The predicted octanol–water partition coefficient (Wildman–Crippen LogP) is 4.10. The smallest absolute Gasteiger partial charge is 0.426 e. The molecule has 1 N–H and O–H groups in total. The molecule has 1 heterocycles. The molecule has 4 rings (SSSR count). The summed E-state index contributed by atoms with van der Waals surface area (Å²) in [6.45, 7) is 0. The second kappa shape index (κ2) is 9.13. The summed E-state index contributed by atoms with van der Waals surface area (Å²) >= 11 is 0. The molecule has 4 aromatic rings. The average molecular weight is 429 g/mol. The first-order valence-corrected chi connectivity index (χ1v) is 9.77. The van der Waals surface area contributed by atoms with Crippen LogP contribution >= 0.6 is 0 Å². The molecule has 8 nitrogen and oxygen atoms in total. The van der Waals surface area contributed by atoms with Crippen molar-refractivity contribution in [2.45, 2.75) is 6.42 Å². The van der Waals surface area contributed by atoms with E-state index in [0.29, 0.717) is 22.7 Å². The molecule has 0 aliphatic carbocycles. The zero-order valence-electron chi connectivity index (χ0n) is 17.1. The highest BCUT2D eigenvalue weighted by Gasteiger charge is 2.19. The van der Waals surface area contributed by atoms with Crippen molar-refractivity contribution in [3.8, 4) is 11.5 Å². The lowest BCUT2D eigenvalue weighted by atomic mass is 10.2. The van der Waals surface area contributed by atoms with Crippen LogP contribution in [0.25, 0.3) is 11.1 Å². The SMILES string of the molecule is CN=Cc1ccc2c(c1)oc(=O)n2C(=O)CC(=O)Nc1ccc(Oc2ccccc2)cc1. The van der Waals surface area contributed by atoms with Gasteiger partial charge in [0, 0.05) is 18.9 Å². The Morgan fingerprint density at radius 2 is 1.75 bits per heavy atom. The molecule has 0 atom stereocenters. The molecule has 160 valence electrons. The number of benzene rings is 3. The van der Waals surface area contributed by atoms with Crippen LogP contribution in [-0.2, 0) is 4.79 Å². The van der Waals surface area contributed by atoms with Crippen LogP contribution in [0.2, 0.25) is 0 Å². The highest BCUT2D eigenvalue weighted by molar-refractivity contribution is 6.06. The molecule has 0 bridgehead atoms. The Morgan fingerprint density at radius 3 is 2.47 bits per heavy atom. The zero-order valence-corrected chi connectivity index (χ0v) is 17.1. The maximum Gasteiger partial charge on any atom is 0.426 e. The van der Waals surface area contributed by atoms with Gasteiger partial charge in [0.25, 0.3) is 0 Å². The summed E-state index contributed by atoms with van der Waals surface area (Å²) in [4.78, 5) is 41.0. The lowest BCUT2D eigenvalue weighted by Crippen LogP contribution is -2.27. The minimum atomic E-state index is -0.842. The topological polar surface area (TPSA) is 103 Å². The number of ether oxygens (including phenoxy) is 1. The van der Waals surface area contributed by atoms with Crippen LogP contribution in [0.15, 0.2) is 87.0 Å². The van der Waals surface area contributed by atoms with E-state index in [0.717, 1.165) is 10.1 Å². The molecule has 0 unspecified atom stereocenters. The largest absolute Gasteiger partial charge is 0.457 e. The number of carbonyl (C=O) groups is 2. The molecule has 0 fully saturated rings. The second-order valence-electron chi connectivity index (χ2n) is 6.88. The van der Waals surface area contributed by atoms with E-state index in [2.05, 4.69) is 10.3 Å². The monoisotopic (exact) mass is 429 g/mol. The highest BCUT2D eigenvalue weighted by Crippen LogP contribution is 2.22. The van der Waals surface area contributed by atoms with Gasteiger partial charge in [-0.15, -0.1) is 0 Å². The van der Waals surface area contributed by atoms with E-state index >= 15 is 0 Å². The van der Waals surface area contributed by atoms with Gasteiger partial charge in [0.1, 0.15) is 17.9 Å². The number of amides is 1. The van der Waals surface area contributed by atoms with Gasteiger partial charge in [0.15, 0.2) is 5.58 Å². The zero-order chi connectivity index (χ0) is 22.5. The Hall–Kier alpha value is -4.46. The van der Waals surface area contributed by atoms with Gasteiger partial charge in [0.05, 0.1) is 5.52 Å². The first kappa shape index (κ1) is 20.8. The number of aliphatic imine (C=N–C) groups is 1. The van der Waals surface area contributed by atoms with E-state index in [-0.39, 0.29) is 5.58 Å². The molecule has 0 saturated carbocycles. The number of para-hydroxylation sites is 1. The number of carbonyl (C=O) groups excluding carboxylic acids is 2. The van der Waals surface area contributed by atoms with Crippen LogP contribution in [0.5, 0.6) is 11.5 Å². The number of nitrogens with one attached hydrogen (secondary N) is 1. The third kappa shape index (κ3) is 4.65. The normalized spacial score (nSPS) is 11.0. The van der Waals surface area contributed by atoms with Gasteiger partial charge in [-0.3, -0.25) is 14.6 Å². The summed E-state index contributed by atoms with van der Waals surface area (Å²) in [5.74, 6) is -0.781. The van der Waals surface area contributed by atoms with Gasteiger partial charge in [-0.05, 0) is 54.1 Å². The van der Waals surface area contributed by atoms with Crippen molar-refractivity contribution in [2.75, 3.05) is 12.4 Å². The standard InChI is InChI=1S/C24H19N3O5/c1-25-15-16-7-12-20-21(13-16)32-24(30)27(20)23(29)14-22(28)26-17-8-10-19(11-9-17)31-18-5-3-2-4-6-18/h2-13,15H,14H2,1H3,(H,26,28). The summed E-state index contributed by atoms with van der Waals surface area (Å²) in [5, 5.41) is 2.64.